The molecule has 3 heteroatoms. The minimum Gasteiger partial charge on any atom is -0.320 e. The lowest BCUT2D eigenvalue weighted by molar-refractivity contribution is 0.518. The molecule has 84 valence electrons. The molecule has 0 radical (unpaired) electrons. The summed E-state index contributed by atoms with van der Waals surface area (Å²) in [4.78, 5) is 0. The van der Waals surface area contributed by atoms with Crippen LogP contribution in [0.5, 0.6) is 0 Å². The second-order valence-electron chi connectivity index (χ2n) is 3.64. The quantitative estimate of drug-likeness (QED) is 0.777. The first-order valence-electron chi connectivity index (χ1n) is 5.35. The van der Waals surface area contributed by atoms with Crippen molar-refractivity contribution in [3.05, 3.63) is 34.3 Å². The standard InChI is InChI=1S/C12H19BrN2/c1-14-9-3-4-12(15-2)10-5-7-11(13)8-6-10/h5-8,12,14-15H,3-4,9H2,1-2H3. The molecule has 2 nitrogen and oxygen atoms in total. The molecule has 1 aromatic rings. The van der Waals surface area contributed by atoms with Gasteiger partial charge in [-0.1, -0.05) is 28.1 Å². The van der Waals surface area contributed by atoms with Crippen LogP contribution in [0.25, 0.3) is 0 Å². The highest BCUT2D eigenvalue weighted by atomic mass is 79.9. The van der Waals surface area contributed by atoms with Crippen molar-refractivity contribution in [3.8, 4) is 0 Å². The second-order valence-corrected chi connectivity index (χ2v) is 4.55. The number of nitrogens with one attached hydrogen (secondary N) is 2. The second kappa shape index (κ2) is 6.99. The molecule has 1 unspecified atom stereocenters. The molecule has 15 heavy (non-hydrogen) atoms. The van der Waals surface area contributed by atoms with Crippen molar-refractivity contribution in [2.75, 3.05) is 20.6 Å². The molecule has 0 aliphatic carbocycles. The van der Waals surface area contributed by atoms with E-state index in [1.807, 2.05) is 14.1 Å². The summed E-state index contributed by atoms with van der Waals surface area (Å²) in [7, 11) is 4.01. The molecule has 0 aliphatic heterocycles. The van der Waals surface area contributed by atoms with Crippen LogP contribution in [0.15, 0.2) is 28.7 Å². The van der Waals surface area contributed by atoms with Gasteiger partial charge in [0, 0.05) is 10.5 Å². The molecule has 0 fully saturated rings. The van der Waals surface area contributed by atoms with Crippen LogP contribution in [-0.2, 0) is 0 Å². The van der Waals surface area contributed by atoms with Crippen molar-refractivity contribution in [1.29, 1.82) is 0 Å². The largest absolute Gasteiger partial charge is 0.320 e. The number of halogens is 1. The Hall–Kier alpha value is -0.380. The van der Waals surface area contributed by atoms with Crippen LogP contribution in [-0.4, -0.2) is 20.6 Å². The Balaban J connectivity index is 2.53. The van der Waals surface area contributed by atoms with Gasteiger partial charge in [-0.05, 0) is 51.2 Å². The first-order chi connectivity index (χ1) is 7.27. The molecule has 1 atom stereocenters. The normalized spacial score (nSPS) is 12.7. The number of hydrogen-bond acceptors (Lipinski definition) is 2. The Kier molecular flexibility index (Phi) is 5.91. The summed E-state index contributed by atoms with van der Waals surface area (Å²) in [6.45, 7) is 1.08. The predicted octanol–water partition coefficient (Wildman–Crippen LogP) is 2.71. The van der Waals surface area contributed by atoms with Gasteiger partial charge < -0.3 is 10.6 Å². The molecular formula is C12H19BrN2. The van der Waals surface area contributed by atoms with Crippen LogP contribution in [0.1, 0.15) is 24.4 Å². The summed E-state index contributed by atoms with van der Waals surface area (Å²) in [5, 5.41) is 6.53. The molecule has 2 N–H and O–H groups in total. The maximum absolute atomic E-state index is 3.45. The average molecular weight is 271 g/mol. The lowest BCUT2D eigenvalue weighted by Crippen LogP contribution is -2.18. The molecule has 0 heterocycles. The Morgan fingerprint density at radius 2 is 1.87 bits per heavy atom. The fourth-order valence-corrected chi connectivity index (χ4v) is 1.92. The fourth-order valence-electron chi connectivity index (χ4n) is 1.66. The van der Waals surface area contributed by atoms with Crippen LogP contribution in [0, 0.1) is 0 Å². The molecule has 1 rings (SSSR count). The van der Waals surface area contributed by atoms with Gasteiger partial charge in [-0.2, -0.15) is 0 Å². The Bertz CT molecular complexity index is 271. The van der Waals surface area contributed by atoms with Gasteiger partial charge >= 0.3 is 0 Å². The SMILES string of the molecule is CNCCCC(NC)c1ccc(Br)cc1. The number of benzene rings is 1. The van der Waals surface area contributed by atoms with E-state index in [0.29, 0.717) is 6.04 Å². The zero-order chi connectivity index (χ0) is 11.1. The maximum atomic E-state index is 3.45. The van der Waals surface area contributed by atoms with Crippen molar-refractivity contribution >= 4 is 15.9 Å². The van der Waals surface area contributed by atoms with E-state index in [1.165, 1.54) is 18.4 Å². The summed E-state index contributed by atoms with van der Waals surface area (Å²) < 4.78 is 1.14. The van der Waals surface area contributed by atoms with E-state index in [1.54, 1.807) is 0 Å². The van der Waals surface area contributed by atoms with E-state index in [4.69, 9.17) is 0 Å². The third-order valence-electron chi connectivity index (χ3n) is 2.54. The van der Waals surface area contributed by atoms with Crippen LogP contribution in [0.3, 0.4) is 0 Å². The molecule has 0 aliphatic rings. The van der Waals surface area contributed by atoms with Gasteiger partial charge in [0.05, 0.1) is 0 Å². The minimum atomic E-state index is 0.464. The van der Waals surface area contributed by atoms with E-state index < -0.39 is 0 Å². The monoisotopic (exact) mass is 270 g/mol. The Labute approximate surface area is 101 Å². The van der Waals surface area contributed by atoms with E-state index in [2.05, 4.69) is 50.8 Å². The van der Waals surface area contributed by atoms with Crippen molar-refractivity contribution in [1.82, 2.24) is 10.6 Å². The summed E-state index contributed by atoms with van der Waals surface area (Å²) >= 11 is 3.45. The first-order valence-corrected chi connectivity index (χ1v) is 6.14. The zero-order valence-electron chi connectivity index (χ0n) is 9.39. The third kappa shape index (κ3) is 4.33. The van der Waals surface area contributed by atoms with Crippen LogP contribution < -0.4 is 10.6 Å². The van der Waals surface area contributed by atoms with E-state index >= 15 is 0 Å². The number of rotatable bonds is 6. The first kappa shape index (κ1) is 12.7. The van der Waals surface area contributed by atoms with E-state index in [9.17, 15) is 0 Å². The molecule has 0 amide bonds. The lowest BCUT2D eigenvalue weighted by Gasteiger charge is -2.16. The molecule has 0 spiro atoms. The molecule has 0 saturated heterocycles. The molecular weight excluding hydrogens is 252 g/mol. The van der Waals surface area contributed by atoms with Crippen LogP contribution in [0.2, 0.25) is 0 Å². The lowest BCUT2D eigenvalue weighted by atomic mass is 10.0. The fraction of sp³-hybridized carbons (Fsp3) is 0.500. The summed E-state index contributed by atoms with van der Waals surface area (Å²) in [5.41, 5.74) is 1.36. The van der Waals surface area contributed by atoms with Gasteiger partial charge in [0.1, 0.15) is 0 Å². The third-order valence-corrected chi connectivity index (χ3v) is 3.07. The van der Waals surface area contributed by atoms with Crippen molar-refractivity contribution in [2.24, 2.45) is 0 Å². The predicted molar refractivity (Wildman–Crippen MR) is 69.1 cm³/mol. The van der Waals surface area contributed by atoms with Crippen LogP contribution >= 0.6 is 15.9 Å². The van der Waals surface area contributed by atoms with Crippen molar-refractivity contribution < 1.29 is 0 Å². The van der Waals surface area contributed by atoms with Gasteiger partial charge in [-0.15, -0.1) is 0 Å². The topological polar surface area (TPSA) is 24.1 Å². The van der Waals surface area contributed by atoms with Gasteiger partial charge in [-0.25, -0.2) is 0 Å². The van der Waals surface area contributed by atoms with Gasteiger partial charge in [0.25, 0.3) is 0 Å². The Morgan fingerprint density at radius 3 is 2.40 bits per heavy atom. The van der Waals surface area contributed by atoms with Gasteiger partial charge in [0.15, 0.2) is 0 Å². The molecule has 0 saturated carbocycles. The average Bonchev–Trinajstić information content (AvgIpc) is 2.26. The maximum Gasteiger partial charge on any atom is 0.0318 e. The van der Waals surface area contributed by atoms with Crippen LogP contribution in [0.4, 0.5) is 0 Å². The smallest absolute Gasteiger partial charge is 0.0318 e. The highest BCUT2D eigenvalue weighted by molar-refractivity contribution is 9.10. The van der Waals surface area contributed by atoms with Gasteiger partial charge in [0.2, 0.25) is 0 Å². The summed E-state index contributed by atoms with van der Waals surface area (Å²) in [5.74, 6) is 0. The molecule has 0 aromatic heterocycles. The van der Waals surface area contributed by atoms with Crippen molar-refractivity contribution in [3.63, 3.8) is 0 Å². The Morgan fingerprint density at radius 1 is 1.20 bits per heavy atom. The van der Waals surface area contributed by atoms with Crippen molar-refractivity contribution in [2.45, 2.75) is 18.9 Å². The summed E-state index contributed by atoms with van der Waals surface area (Å²) in [6, 6.07) is 9.00. The highest BCUT2D eigenvalue weighted by Gasteiger charge is 2.07. The minimum absolute atomic E-state index is 0.464. The van der Waals surface area contributed by atoms with E-state index in [0.717, 1.165) is 11.0 Å². The summed E-state index contributed by atoms with van der Waals surface area (Å²) in [6.07, 6.45) is 2.36. The number of hydrogen-bond donors (Lipinski definition) is 2. The van der Waals surface area contributed by atoms with E-state index in [-0.39, 0.29) is 0 Å². The molecule has 0 bridgehead atoms. The van der Waals surface area contributed by atoms with Gasteiger partial charge in [-0.3, -0.25) is 0 Å². The molecule has 1 aromatic carbocycles. The zero-order valence-corrected chi connectivity index (χ0v) is 11.0. The highest BCUT2D eigenvalue weighted by Crippen LogP contribution is 2.20.